The van der Waals surface area contributed by atoms with E-state index in [0.717, 1.165) is 34.9 Å². The summed E-state index contributed by atoms with van der Waals surface area (Å²) < 4.78 is 84.8. The highest BCUT2D eigenvalue weighted by atomic mass is 32.1. The SMILES string of the molecule is CCCCCc1ccc(-c2cc3ccc(OCCCC(F)(F)CCCOC(=O)C(C)(CC)C(C)C)cc3s2)c(OC(F)(F)F)c1. The number of hydrogen-bond acceptors (Lipinski definition) is 5. The summed E-state index contributed by atoms with van der Waals surface area (Å²) in [5.74, 6) is -2.91. The van der Waals surface area contributed by atoms with Gasteiger partial charge in [0.25, 0.3) is 0 Å². The molecule has 10 heteroatoms. The van der Waals surface area contributed by atoms with Crippen molar-refractivity contribution < 1.29 is 41.0 Å². The van der Waals surface area contributed by atoms with Crippen molar-refractivity contribution in [3.05, 3.63) is 48.0 Å². The molecular weight excluding hydrogens is 611 g/mol. The Morgan fingerprint density at radius 1 is 0.889 bits per heavy atom. The van der Waals surface area contributed by atoms with Crippen LogP contribution in [-0.4, -0.2) is 31.5 Å². The normalized spacial score (nSPS) is 13.7. The Labute approximate surface area is 267 Å². The van der Waals surface area contributed by atoms with Crippen LogP contribution in [0.15, 0.2) is 42.5 Å². The molecule has 1 unspecified atom stereocenters. The van der Waals surface area contributed by atoms with Crippen LogP contribution in [0.5, 0.6) is 11.5 Å². The van der Waals surface area contributed by atoms with Gasteiger partial charge in [-0.15, -0.1) is 24.5 Å². The van der Waals surface area contributed by atoms with Gasteiger partial charge in [0, 0.05) is 28.0 Å². The molecule has 250 valence electrons. The number of hydrogen-bond donors (Lipinski definition) is 0. The highest BCUT2D eigenvalue weighted by Crippen LogP contribution is 2.42. The van der Waals surface area contributed by atoms with Crippen LogP contribution in [0.4, 0.5) is 22.0 Å². The predicted octanol–water partition coefficient (Wildman–Crippen LogP) is 11.4. The quantitative estimate of drug-likeness (QED) is 0.0776. The second kappa shape index (κ2) is 16.1. The predicted molar refractivity (Wildman–Crippen MR) is 170 cm³/mol. The molecule has 0 spiro atoms. The van der Waals surface area contributed by atoms with E-state index in [0.29, 0.717) is 29.0 Å². The Kier molecular flexibility index (Phi) is 13.1. The molecule has 2 aromatic carbocycles. The number of alkyl halides is 5. The first-order valence-corrected chi connectivity index (χ1v) is 16.6. The van der Waals surface area contributed by atoms with E-state index < -0.39 is 17.7 Å². The van der Waals surface area contributed by atoms with Gasteiger partial charge in [0.05, 0.1) is 18.6 Å². The van der Waals surface area contributed by atoms with Gasteiger partial charge < -0.3 is 14.2 Å². The maximum absolute atomic E-state index is 14.4. The van der Waals surface area contributed by atoms with Gasteiger partial charge in [0.2, 0.25) is 5.92 Å². The van der Waals surface area contributed by atoms with Crippen molar-refractivity contribution >= 4 is 27.4 Å². The fourth-order valence-corrected chi connectivity index (χ4v) is 6.16. The summed E-state index contributed by atoms with van der Waals surface area (Å²) in [5, 5.41) is 0.826. The summed E-state index contributed by atoms with van der Waals surface area (Å²) in [5.41, 5.74) is 0.516. The van der Waals surface area contributed by atoms with Crippen LogP contribution in [0.3, 0.4) is 0 Å². The second-order valence-corrected chi connectivity index (χ2v) is 13.2. The minimum absolute atomic E-state index is 0.0387. The summed E-state index contributed by atoms with van der Waals surface area (Å²) in [6.45, 7) is 9.74. The van der Waals surface area contributed by atoms with Gasteiger partial charge in [-0.3, -0.25) is 4.79 Å². The van der Waals surface area contributed by atoms with Crippen molar-refractivity contribution in [2.45, 2.75) is 105 Å². The average molecular weight is 657 g/mol. The molecule has 4 nitrogen and oxygen atoms in total. The largest absolute Gasteiger partial charge is 0.573 e. The van der Waals surface area contributed by atoms with Crippen molar-refractivity contribution in [2.75, 3.05) is 13.2 Å². The van der Waals surface area contributed by atoms with Crippen LogP contribution in [0.1, 0.15) is 91.5 Å². The van der Waals surface area contributed by atoms with E-state index >= 15 is 0 Å². The van der Waals surface area contributed by atoms with E-state index in [9.17, 15) is 26.7 Å². The van der Waals surface area contributed by atoms with E-state index in [1.165, 1.54) is 17.4 Å². The Bertz CT molecular complexity index is 1380. The van der Waals surface area contributed by atoms with E-state index in [4.69, 9.17) is 9.47 Å². The smallest absolute Gasteiger partial charge is 0.494 e. The number of esters is 1. The highest BCUT2D eigenvalue weighted by Gasteiger charge is 2.36. The molecular formula is C35H45F5O4S. The fraction of sp³-hybridized carbons (Fsp3) is 0.571. The van der Waals surface area contributed by atoms with Crippen molar-refractivity contribution in [3.63, 3.8) is 0 Å². The van der Waals surface area contributed by atoms with Crippen molar-refractivity contribution in [1.29, 1.82) is 0 Å². The second-order valence-electron chi connectivity index (χ2n) is 12.1. The number of ether oxygens (including phenoxy) is 3. The average Bonchev–Trinajstić information content (AvgIpc) is 3.39. The van der Waals surface area contributed by atoms with E-state index in [2.05, 4.69) is 11.7 Å². The molecule has 0 aliphatic rings. The van der Waals surface area contributed by atoms with Crippen LogP contribution in [0.2, 0.25) is 0 Å². The van der Waals surface area contributed by atoms with Crippen molar-refractivity contribution in [2.24, 2.45) is 11.3 Å². The number of carbonyl (C=O) groups excluding carboxylic acids is 1. The van der Waals surface area contributed by atoms with Crippen molar-refractivity contribution in [1.82, 2.24) is 0 Å². The van der Waals surface area contributed by atoms with E-state index in [1.807, 2.05) is 39.8 Å². The topological polar surface area (TPSA) is 44.8 Å². The highest BCUT2D eigenvalue weighted by molar-refractivity contribution is 7.22. The number of benzene rings is 2. The number of rotatable bonds is 18. The zero-order chi connectivity index (χ0) is 33.3. The number of fused-ring (bicyclic) bond motifs is 1. The van der Waals surface area contributed by atoms with Gasteiger partial charge in [-0.1, -0.05) is 46.6 Å². The third kappa shape index (κ3) is 10.9. The van der Waals surface area contributed by atoms with Crippen LogP contribution in [0.25, 0.3) is 20.5 Å². The number of halogens is 5. The number of thiophene rings is 1. The maximum atomic E-state index is 14.4. The minimum atomic E-state index is -4.82. The minimum Gasteiger partial charge on any atom is -0.494 e. The van der Waals surface area contributed by atoms with Gasteiger partial charge in [0.15, 0.2) is 0 Å². The summed E-state index contributed by atoms with van der Waals surface area (Å²) in [4.78, 5) is 13.0. The molecule has 0 bridgehead atoms. The first-order chi connectivity index (χ1) is 21.2. The fourth-order valence-electron chi connectivity index (χ4n) is 5.04. The van der Waals surface area contributed by atoms with Crippen LogP contribution >= 0.6 is 11.3 Å². The summed E-state index contributed by atoms with van der Waals surface area (Å²) in [7, 11) is 0. The molecule has 0 fully saturated rings. The first kappa shape index (κ1) is 36.6. The lowest BCUT2D eigenvalue weighted by atomic mass is 9.77. The number of unbranched alkanes of at least 4 members (excludes halogenated alkanes) is 2. The molecule has 1 aromatic heterocycles. The number of carbonyl (C=O) groups is 1. The van der Waals surface area contributed by atoms with Gasteiger partial charge in [-0.25, -0.2) is 8.78 Å². The zero-order valence-electron chi connectivity index (χ0n) is 26.8. The first-order valence-electron chi connectivity index (χ1n) is 15.8. The Balaban J connectivity index is 1.55. The molecule has 0 aliphatic heterocycles. The lowest BCUT2D eigenvalue weighted by molar-refractivity contribution is -0.274. The van der Waals surface area contributed by atoms with Gasteiger partial charge in [-0.2, -0.15) is 0 Å². The summed E-state index contributed by atoms with van der Waals surface area (Å²) in [6.07, 6.45) is -1.16. The van der Waals surface area contributed by atoms with Crippen LogP contribution in [-0.2, 0) is 16.0 Å². The van der Waals surface area contributed by atoms with Gasteiger partial charge >= 0.3 is 12.3 Å². The standard InChI is InChI=1S/C35H45F5O4S/c1-6-8-9-12-25-13-16-28(29(21-25)44-35(38,39)40)31-22-26-14-15-27(23-30(26)45-31)42-19-10-17-34(36,37)18-11-20-43-32(41)33(5,7-2)24(3)4/h13-16,21-24H,6-12,17-20H2,1-5H3. The van der Waals surface area contributed by atoms with Gasteiger partial charge in [-0.05, 0) is 92.3 Å². The Morgan fingerprint density at radius 2 is 1.60 bits per heavy atom. The molecule has 0 N–H and O–H groups in total. The zero-order valence-corrected chi connectivity index (χ0v) is 27.6. The van der Waals surface area contributed by atoms with E-state index in [-0.39, 0.29) is 56.5 Å². The third-order valence-electron chi connectivity index (χ3n) is 8.45. The van der Waals surface area contributed by atoms with Gasteiger partial charge in [0.1, 0.15) is 11.5 Å². The Morgan fingerprint density at radius 3 is 2.24 bits per heavy atom. The molecule has 45 heavy (non-hydrogen) atoms. The molecule has 0 saturated heterocycles. The maximum Gasteiger partial charge on any atom is 0.573 e. The molecule has 0 saturated carbocycles. The van der Waals surface area contributed by atoms with Crippen LogP contribution in [0, 0.1) is 11.3 Å². The monoisotopic (exact) mass is 656 g/mol. The molecule has 3 aromatic rings. The lowest BCUT2D eigenvalue weighted by Gasteiger charge is -2.30. The van der Waals surface area contributed by atoms with Crippen LogP contribution < -0.4 is 9.47 Å². The van der Waals surface area contributed by atoms with E-state index in [1.54, 1.807) is 24.3 Å². The summed E-state index contributed by atoms with van der Waals surface area (Å²) >= 11 is 1.31. The molecule has 0 amide bonds. The molecule has 0 aliphatic carbocycles. The molecule has 3 rings (SSSR count). The molecule has 0 radical (unpaired) electrons. The third-order valence-corrected chi connectivity index (χ3v) is 9.58. The summed E-state index contributed by atoms with van der Waals surface area (Å²) in [6, 6.07) is 12.1. The van der Waals surface area contributed by atoms with Crippen molar-refractivity contribution in [3.8, 4) is 21.9 Å². The number of aryl methyl sites for hydroxylation is 1. The molecule has 1 heterocycles. The Hall–Kier alpha value is -2.88. The lowest BCUT2D eigenvalue weighted by Crippen LogP contribution is -2.34. The molecule has 1 atom stereocenters.